The highest BCUT2D eigenvalue weighted by molar-refractivity contribution is 7.90. The van der Waals surface area contributed by atoms with Gasteiger partial charge < -0.3 is 5.32 Å². The SMILES string of the molecule is CS(=O)(=O)c1ccc(Cl)c(NC(=O)/C=C/c2cccc([N+](=O)[O-])c2)c1. The normalized spacial score (nSPS) is 11.4. The van der Waals surface area contributed by atoms with E-state index < -0.39 is 20.7 Å². The number of hydrogen-bond acceptors (Lipinski definition) is 5. The topological polar surface area (TPSA) is 106 Å². The zero-order valence-corrected chi connectivity index (χ0v) is 14.5. The number of non-ortho nitro benzene ring substituents is 1. The van der Waals surface area contributed by atoms with Gasteiger partial charge in [0.15, 0.2) is 9.84 Å². The third kappa shape index (κ3) is 5.13. The molecule has 25 heavy (non-hydrogen) atoms. The van der Waals surface area contributed by atoms with Gasteiger partial charge in [-0.2, -0.15) is 0 Å². The average molecular weight is 381 g/mol. The Bertz CT molecular complexity index is 970. The Labute approximate surface area is 149 Å². The third-order valence-corrected chi connectivity index (χ3v) is 4.57. The number of rotatable bonds is 5. The fourth-order valence-electron chi connectivity index (χ4n) is 1.92. The highest BCUT2D eigenvalue weighted by Crippen LogP contribution is 2.25. The largest absolute Gasteiger partial charge is 0.321 e. The Morgan fingerprint density at radius 3 is 2.60 bits per heavy atom. The van der Waals surface area contributed by atoms with Crippen LogP contribution < -0.4 is 5.32 Å². The zero-order valence-electron chi connectivity index (χ0n) is 13.0. The molecule has 0 aliphatic heterocycles. The van der Waals surface area contributed by atoms with Gasteiger partial charge >= 0.3 is 0 Å². The first kappa shape index (κ1) is 18.6. The van der Waals surface area contributed by atoms with Crippen LogP contribution in [0.15, 0.2) is 53.4 Å². The van der Waals surface area contributed by atoms with E-state index in [1.54, 1.807) is 6.07 Å². The first-order valence-electron chi connectivity index (χ1n) is 6.90. The minimum Gasteiger partial charge on any atom is -0.321 e. The zero-order chi connectivity index (χ0) is 18.6. The molecule has 0 aliphatic carbocycles. The van der Waals surface area contributed by atoms with Gasteiger partial charge in [0.25, 0.3) is 5.69 Å². The maximum Gasteiger partial charge on any atom is 0.270 e. The van der Waals surface area contributed by atoms with Crippen molar-refractivity contribution < 1.29 is 18.1 Å². The number of anilines is 1. The molecule has 0 atom stereocenters. The van der Waals surface area contributed by atoms with Gasteiger partial charge in [0.05, 0.1) is 20.5 Å². The van der Waals surface area contributed by atoms with Crippen molar-refractivity contribution in [1.29, 1.82) is 0 Å². The molecule has 7 nitrogen and oxygen atoms in total. The fraction of sp³-hybridized carbons (Fsp3) is 0.0625. The number of hydrogen-bond donors (Lipinski definition) is 1. The molecule has 1 N–H and O–H groups in total. The summed E-state index contributed by atoms with van der Waals surface area (Å²) in [4.78, 5) is 22.2. The molecule has 0 bridgehead atoms. The van der Waals surface area contributed by atoms with Crippen molar-refractivity contribution in [1.82, 2.24) is 0 Å². The Balaban J connectivity index is 2.18. The summed E-state index contributed by atoms with van der Waals surface area (Å²) in [6.07, 6.45) is 3.61. The molecule has 9 heteroatoms. The number of carbonyl (C=O) groups excluding carboxylic acids is 1. The molecule has 0 spiro atoms. The smallest absolute Gasteiger partial charge is 0.270 e. The number of nitro benzene ring substituents is 1. The van der Waals surface area contributed by atoms with Crippen molar-refractivity contribution in [3.05, 3.63) is 69.2 Å². The highest BCUT2D eigenvalue weighted by atomic mass is 35.5. The van der Waals surface area contributed by atoms with E-state index >= 15 is 0 Å². The van der Waals surface area contributed by atoms with Crippen LogP contribution in [0.1, 0.15) is 5.56 Å². The summed E-state index contributed by atoms with van der Waals surface area (Å²) in [5.41, 5.74) is 0.532. The van der Waals surface area contributed by atoms with E-state index in [1.165, 1.54) is 48.6 Å². The molecule has 0 aromatic heterocycles. The van der Waals surface area contributed by atoms with Gasteiger partial charge in [0, 0.05) is 24.5 Å². The van der Waals surface area contributed by atoms with Crippen LogP contribution >= 0.6 is 11.6 Å². The second-order valence-corrected chi connectivity index (χ2v) is 7.51. The number of sulfone groups is 1. The number of nitro groups is 1. The van der Waals surface area contributed by atoms with Crippen LogP contribution in [-0.4, -0.2) is 25.5 Å². The van der Waals surface area contributed by atoms with Crippen LogP contribution in [0, 0.1) is 10.1 Å². The lowest BCUT2D eigenvalue weighted by molar-refractivity contribution is -0.384. The Hall–Kier alpha value is -2.71. The molecule has 2 aromatic carbocycles. The number of amides is 1. The molecule has 0 unspecified atom stereocenters. The van der Waals surface area contributed by atoms with Gasteiger partial charge in [-0.25, -0.2) is 8.42 Å². The van der Waals surface area contributed by atoms with Gasteiger partial charge in [0.1, 0.15) is 0 Å². The number of carbonyl (C=O) groups is 1. The standard InChI is InChI=1S/C16H13ClN2O5S/c1-25(23,24)13-6-7-14(17)15(10-13)18-16(20)8-5-11-3-2-4-12(9-11)19(21)22/h2-10H,1H3,(H,18,20)/b8-5+. The number of nitrogens with one attached hydrogen (secondary N) is 1. The highest BCUT2D eigenvalue weighted by Gasteiger charge is 2.11. The molecule has 0 fully saturated rings. The summed E-state index contributed by atoms with van der Waals surface area (Å²) in [5, 5.41) is 13.4. The monoisotopic (exact) mass is 380 g/mol. The molecule has 0 saturated heterocycles. The predicted octanol–water partition coefficient (Wildman–Crippen LogP) is 3.30. The molecule has 0 radical (unpaired) electrons. The van der Waals surface area contributed by atoms with E-state index in [9.17, 15) is 23.3 Å². The minimum atomic E-state index is -3.44. The van der Waals surface area contributed by atoms with Crippen molar-refractivity contribution in [2.45, 2.75) is 4.90 Å². The number of halogens is 1. The fourth-order valence-corrected chi connectivity index (χ4v) is 2.73. The molecule has 130 valence electrons. The van der Waals surface area contributed by atoms with Crippen molar-refractivity contribution in [2.24, 2.45) is 0 Å². The Kier molecular flexibility index (Phi) is 5.55. The maximum atomic E-state index is 12.0. The molecule has 1 amide bonds. The minimum absolute atomic E-state index is 0.0230. The molecule has 0 saturated carbocycles. The number of benzene rings is 2. The quantitative estimate of drug-likeness (QED) is 0.486. The summed E-state index contributed by atoms with van der Waals surface area (Å²) in [6.45, 7) is 0. The molecule has 0 aliphatic rings. The van der Waals surface area contributed by atoms with Crippen molar-refractivity contribution >= 4 is 44.8 Å². The maximum absolute atomic E-state index is 12.0. The summed E-state index contributed by atoms with van der Waals surface area (Å²) in [6, 6.07) is 9.74. The molecule has 2 rings (SSSR count). The number of nitrogens with zero attached hydrogens (tertiary/aromatic N) is 1. The molecule has 0 heterocycles. The van der Waals surface area contributed by atoms with Gasteiger partial charge in [-0.1, -0.05) is 23.7 Å². The second kappa shape index (κ2) is 7.45. The lowest BCUT2D eigenvalue weighted by Crippen LogP contribution is -2.09. The second-order valence-electron chi connectivity index (χ2n) is 5.09. The summed E-state index contributed by atoms with van der Waals surface area (Å²) in [7, 11) is -3.44. The summed E-state index contributed by atoms with van der Waals surface area (Å²) >= 11 is 5.95. The van der Waals surface area contributed by atoms with Crippen molar-refractivity contribution in [3.8, 4) is 0 Å². The predicted molar refractivity (Wildman–Crippen MR) is 95.3 cm³/mol. The van der Waals surface area contributed by atoms with Crippen molar-refractivity contribution in [2.75, 3.05) is 11.6 Å². The molecule has 2 aromatic rings. The first-order valence-corrected chi connectivity index (χ1v) is 9.17. The van der Waals surface area contributed by atoms with Crippen LogP contribution in [0.25, 0.3) is 6.08 Å². The lowest BCUT2D eigenvalue weighted by atomic mass is 10.2. The van der Waals surface area contributed by atoms with E-state index in [4.69, 9.17) is 11.6 Å². The summed E-state index contributed by atoms with van der Waals surface area (Å²) in [5.74, 6) is -0.556. The van der Waals surface area contributed by atoms with Gasteiger partial charge in [0.2, 0.25) is 5.91 Å². The van der Waals surface area contributed by atoms with E-state index in [0.29, 0.717) is 5.56 Å². The first-order chi connectivity index (χ1) is 11.7. The van der Waals surface area contributed by atoms with Crippen LogP contribution in [0.3, 0.4) is 0 Å². The van der Waals surface area contributed by atoms with E-state index in [-0.39, 0.29) is 21.3 Å². The third-order valence-electron chi connectivity index (χ3n) is 3.13. The van der Waals surface area contributed by atoms with E-state index in [0.717, 1.165) is 6.26 Å². The average Bonchev–Trinajstić information content (AvgIpc) is 2.54. The molecular formula is C16H13ClN2O5S. The van der Waals surface area contributed by atoms with Crippen LogP contribution in [-0.2, 0) is 14.6 Å². The lowest BCUT2D eigenvalue weighted by Gasteiger charge is -2.07. The van der Waals surface area contributed by atoms with Crippen molar-refractivity contribution in [3.63, 3.8) is 0 Å². The molecular weight excluding hydrogens is 368 g/mol. The summed E-state index contributed by atoms with van der Waals surface area (Å²) < 4.78 is 23.1. The van der Waals surface area contributed by atoms with Crippen LogP contribution in [0.5, 0.6) is 0 Å². The van der Waals surface area contributed by atoms with Crippen LogP contribution in [0.4, 0.5) is 11.4 Å². The Morgan fingerprint density at radius 1 is 1.24 bits per heavy atom. The van der Waals surface area contributed by atoms with Gasteiger partial charge in [-0.3, -0.25) is 14.9 Å². The van der Waals surface area contributed by atoms with E-state index in [1.807, 2.05) is 0 Å². The van der Waals surface area contributed by atoms with Crippen LogP contribution in [0.2, 0.25) is 5.02 Å². The van der Waals surface area contributed by atoms with Gasteiger partial charge in [-0.15, -0.1) is 0 Å². The van der Waals surface area contributed by atoms with E-state index in [2.05, 4.69) is 5.32 Å². The Morgan fingerprint density at radius 2 is 1.96 bits per heavy atom. The van der Waals surface area contributed by atoms with Gasteiger partial charge in [-0.05, 0) is 29.8 Å².